The maximum absolute atomic E-state index is 13.1. The van der Waals surface area contributed by atoms with Gasteiger partial charge in [0, 0.05) is 24.3 Å². The van der Waals surface area contributed by atoms with Crippen LogP contribution in [0.15, 0.2) is 41.3 Å². The molecule has 10 heteroatoms. The number of nitrogens with zero attached hydrogens (tertiary/aromatic N) is 1. The molecule has 2 aromatic rings. The molecule has 1 aliphatic rings. The number of alkyl halides is 3. The number of anilines is 1. The molecule has 2 aromatic carbocycles. The lowest BCUT2D eigenvalue weighted by Gasteiger charge is -2.29. The summed E-state index contributed by atoms with van der Waals surface area (Å²) in [5.74, 6) is -0.260. The van der Waals surface area contributed by atoms with Crippen molar-refractivity contribution in [2.45, 2.75) is 37.8 Å². The van der Waals surface area contributed by atoms with E-state index in [4.69, 9.17) is 11.6 Å². The predicted octanol–water partition coefficient (Wildman–Crippen LogP) is 5.34. The summed E-state index contributed by atoms with van der Waals surface area (Å²) in [4.78, 5) is 12.7. The molecule has 0 bridgehead atoms. The van der Waals surface area contributed by atoms with E-state index < -0.39 is 32.7 Å². The van der Waals surface area contributed by atoms with E-state index in [-0.39, 0.29) is 16.1 Å². The quantitative estimate of drug-likeness (QED) is 0.650. The number of amides is 1. The van der Waals surface area contributed by atoms with Crippen LogP contribution in [0.2, 0.25) is 5.02 Å². The number of carbonyl (C=O) groups excluding carboxylic acids is 1. The number of hydrogen-bond acceptors (Lipinski definition) is 3. The standard InChI is InChI=1S/C21H22ClF3N2O3S/c1-13-7-9-27(10-8-13)31(29,30)16-5-3-14(2)17(12-16)20(28)26-15-4-6-19(22)18(11-15)21(23,24)25/h3-6,11-13H,7-10H2,1-2H3,(H,26,28). The summed E-state index contributed by atoms with van der Waals surface area (Å²) in [6, 6.07) is 7.25. The molecule has 31 heavy (non-hydrogen) atoms. The number of sulfonamides is 1. The van der Waals surface area contributed by atoms with E-state index in [1.807, 2.05) is 0 Å². The van der Waals surface area contributed by atoms with Crippen molar-refractivity contribution < 1.29 is 26.4 Å². The van der Waals surface area contributed by atoms with E-state index in [0.29, 0.717) is 24.6 Å². The fourth-order valence-corrected chi connectivity index (χ4v) is 5.12. The van der Waals surface area contributed by atoms with Gasteiger partial charge in [-0.2, -0.15) is 17.5 Å². The lowest BCUT2D eigenvalue weighted by atomic mass is 10.0. The van der Waals surface area contributed by atoms with Gasteiger partial charge in [-0.3, -0.25) is 4.79 Å². The number of piperidine rings is 1. The van der Waals surface area contributed by atoms with Crippen LogP contribution >= 0.6 is 11.6 Å². The highest BCUT2D eigenvalue weighted by molar-refractivity contribution is 7.89. The van der Waals surface area contributed by atoms with E-state index in [9.17, 15) is 26.4 Å². The molecule has 0 radical (unpaired) electrons. The third-order valence-corrected chi connectivity index (χ3v) is 7.59. The number of benzene rings is 2. The van der Waals surface area contributed by atoms with E-state index in [1.54, 1.807) is 6.92 Å². The minimum absolute atomic E-state index is 0.0233. The van der Waals surface area contributed by atoms with Crippen molar-refractivity contribution in [3.05, 3.63) is 58.1 Å². The van der Waals surface area contributed by atoms with Gasteiger partial charge >= 0.3 is 6.18 Å². The molecular formula is C21H22ClF3N2O3S. The lowest BCUT2D eigenvalue weighted by Crippen LogP contribution is -2.38. The maximum Gasteiger partial charge on any atom is 0.417 e. The molecule has 3 rings (SSSR count). The molecule has 1 N–H and O–H groups in total. The van der Waals surface area contributed by atoms with Crippen LogP contribution in [0.4, 0.5) is 18.9 Å². The molecule has 0 saturated carbocycles. The number of rotatable bonds is 4. The summed E-state index contributed by atoms with van der Waals surface area (Å²) in [5.41, 5.74) is -0.609. The third kappa shape index (κ3) is 5.22. The van der Waals surface area contributed by atoms with Gasteiger partial charge in [-0.25, -0.2) is 8.42 Å². The van der Waals surface area contributed by atoms with E-state index >= 15 is 0 Å². The van der Waals surface area contributed by atoms with Crippen LogP contribution in [0.3, 0.4) is 0 Å². The minimum atomic E-state index is -4.67. The molecule has 0 aromatic heterocycles. The average Bonchev–Trinajstić information content (AvgIpc) is 2.69. The molecule has 1 amide bonds. The van der Waals surface area contributed by atoms with Gasteiger partial charge in [-0.1, -0.05) is 24.6 Å². The van der Waals surface area contributed by atoms with Gasteiger partial charge in [0.2, 0.25) is 10.0 Å². The van der Waals surface area contributed by atoms with Gasteiger partial charge in [0.15, 0.2) is 0 Å². The molecule has 0 unspecified atom stereocenters. The summed E-state index contributed by atoms with van der Waals surface area (Å²) in [6.45, 7) is 4.50. The summed E-state index contributed by atoms with van der Waals surface area (Å²) < 4.78 is 66.6. The summed E-state index contributed by atoms with van der Waals surface area (Å²) in [7, 11) is -3.78. The zero-order valence-corrected chi connectivity index (χ0v) is 18.5. The SMILES string of the molecule is Cc1ccc(S(=O)(=O)N2CCC(C)CC2)cc1C(=O)Nc1ccc(Cl)c(C(F)(F)F)c1. The Morgan fingerprint density at radius 3 is 2.39 bits per heavy atom. The highest BCUT2D eigenvalue weighted by Crippen LogP contribution is 2.36. The van der Waals surface area contributed by atoms with Gasteiger partial charge in [-0.15, -0.1) is 0 Å². The average molecular weight is 475 g/mol. The number of carbonyl (C=O) groups is 1. The van der Waals surface area contributed by atoms with Gasteiger partial charge in [0.1, 0.15) is 0 Å². The highest BCUT2D eigenvalue weighted by Gasteiger charge is 2.33. The molecule has 5 nitrogen and oxygen atoms in total. The first-order chi connectivity index (χ1) is 14.4. The Kier molecular flexibility index (Phi) is 6.69. The van der Waals surface area contributed by atoms with Crippen molar-refractivity contribution in [3.63, 3.8) is 0 Å². The fourth-order valence-electron chi connectivity index (χ4n) is 3.40. The van der Waals surface area contributed by atoms with Crippen LogP contribution in [-0.4, -0.2) is 31.7 Å². The van der Waals surface area contributed by atoms with Crippen LogP contribution in [0.5, 0.6) is 0 Å². The van der Waals surface area contributed by atoms with Crippen LogP contribution in [0.25, 0.3) is 0 Å². The van der Waals surface area contributed by atoms with Gasteiger partial charge < -0.3 is 5.32 Å². The van der Waals surface area contributed by atoms with Crippen molar-refractivity contribution in [2.24, 2.45) is 5.92 Å². The number of nitrogens with one attached hydrogen (secondary N) is 1. The molecule has 168 valence electrons. The Bertz CT molecular complexity index is 1100. The van der Waals surface area contributed by atoms with E-state index in [0.717, 1.165) is 25.0 Å². The monoisotopic (exact) mass is 474 g/mol. The number of halogens is 4. The molecular weight excluding hydrogens is 453 g/mol. The van der Waals surface area contributed by atoms with Gasteiger partial charge in [0.25, 0.3) is 5.91 Å². The summed E-state index contributed by atoms with van der Waals surface area (Å²) >= 11 is 5.61. The Morgan fingerprint density at radius 1 is 1.13 bits per heavy atom. The topological polar surface area (TPSA) is 66.5 Å². The first kappa shape index (κ1) is 23.6. The Morgan fingerprint density at radius 2 is 1.77 bits per heavy atom. The van der Waals surface area contributed by atoms with Crippen LogP contribution in [0, 0.1) is 12.8 Å². The van der Waals surface area contributed by atoms with Gasteiger partial charge in [-0.05, 0) is 61.6 Å². The minimum Gasteiger partial charge on any atom is -0.322 e. The first-order valence-electron chi connectivity index (χ1n) is 9.68. The fraction of sp³-hybridized carbons (Fsp3) is 0.381. The second kappa shape index (κ2) is 8.80. The van der Waals surface area contributed by atoms with Crippen molar-refractivity contribution in [1.29, 1.82) is 0 Å². The molecule has 0 spiro atoms. The molecule has 0 atom stereocenters. The highest BCUT2D eigenvalue weighted by atomic mass is 35.5. The Balaban J connectivity index is 1.88. The van der Waals surface area contributed by atoms with Crippen molar-refractivity contribution >= 4 is 33.2 Å². The van der Waals surface area contributed by atoms with E-state index in [2.05, 4.69) is 12.2 Å². The first-order valence-corrected chi connectivity index (χ1v) is 11.5. The molecule has 1 saturated heterocycles. The normalized spacial score (nSPS) is 16.3. The zero-order valence-electron chi connectivity index (χ0n) is 17.0. The van der Waals surface area contributed by atoms with E-state index in [1.165, 1.54) is 28.6 Å². The molecule has 1 fully saturated rings. The summed E-state index contributed by atoms with van der Waals surface area (Å²) in [5, 5.41) is 1.92. The van der Waals surface area contributed by atoms with Crippen LogP contribution < -0.4 is 5.32 Å². The summed E-state index contributed by atoms with van der Waals surface area (Å²) in [6.07, 6.45) is -3.15. The smallest absolute Gasteiger partial charge is 0.322 e. The predicted molar refractivity (Wildman–Crippen MR) is 113 cm³/mol. The second-order valence-electron chi connectivity index (χ2n) is 7.71. The zero-order chi connectivity index (χ0) is 23.0. The largest absolute Gasteiger partial charge is 0.417 e. The number of aryl methyl sites for hydroxylation is 1. The van der Waals surface area contributed by atoms with Gasteiger partial charge in [0.05, 0.1) is 15.5 Å². The molecule has 0 aliphatic carbocycles. The third-order valence-electron chi connectivity index (χ3n) is 5.36. The molecule has 1 aliphatic heterocycles. The molecule has 1 heterocycles. The maximum atomic E-state index is 13.1. The lowest BCUT2D eigenvalue weighted by molar-refractivity contribution is -0.137. The Labute approximate surface area is 184 Å². The van der Waals surface area contributed by atoms with Crippen molar-refractivity contribution in [2.75, 3.05) is 18.4 Å². The van der Waals surface area contributed by atoms with Crippen LogP contribution in [-0.2, 0) is 16.2 Å². The Hall–Kier alpha value is -2.10. The van der Waals surface area contributed by atoms with Crippen molar-refractivity contribution in [3.8, 4) is 0 Å². The van der Waals surface area contributed by atoms with Crippen molar-refractivity contribution in [1.82, 2.24) is 4.31 Å². The number of hydrogen-bond donors (Lipinski definition) is 1. The second-order valence-corrected chi connectivity index (χ2v) is 10.1. The van der Waals surface area contributed by atoms with Crippen LogP contribution in [0.1, 0.15) is 41.3 Å².